The van der Waals surface area contributed by atoms with Crippen molar-refractivity contribution in [3.63, 3.8) is 0 Å². The lowest BCUT2D eigenvalue weighted by Crippen LogP contribution is -2.33. The Morgan fingerprint density at radius 3 is 2.47 bits per heavy atom. The molecule has 0 aromatic heterocycles. The molecular weight excluding hydrogens is 194 g/mol. The Hall–Kier alpha value is -2.17. The van der Waals surface area contributed by atoms with Crippen LogP contribution in [0.15, 0.2) is 48.3 Å². The lowest BCUT2D eigenvalue weighted by molar-refractivity contribution is 0.197. The van der Waals surface area contributed by atoms with Crippen molar-refractivity contribution in [1.29, 1.82) is 0 Å². The Bertz CT molecular complexity index is 364. The lowest BCUT2D eigenvalue weighted by atomic mass is 10.1. The molecule has 2 N–H and O–H groups in total. The maximum Gasteiger partial charge on any atom is 0.338 e. The van der Waals surface area contributed by atoms with Crippen molar-refractivity contribution in [3.05, 3.63) is 53.5 Å². The van der Waals surface area contributed by atoms with E-state index in [0.29, 0.717) is 5.01 Å². The van der Waals surface area contributed by atoms with Gasteiger partial charge in [-0.1, -0.05) is 36.4 Å². The van der Waals surface area contributed by atoms with Crippen molar-refractivity contribution >= 4 is 6.03 Å². The molecule has 5 heteroatoms. The van der Waals surface area contributed by atoms with Crippen LogP contribution in [0.25, 0.3) is 0 Å². The number of benzene rings is 1. The van der Waals surface area contributed by atoms with E-state index >= 15 is 0 Å². The van der Waals surface area contributed by atoms with Gasteiger partial charge in [0.15, 0.2) is 0 Å². The van der Waals surface area contributed by atoms with Gasteiger partial charge in [0, 0.05) is 0 Å². The highest BCUT2D eigenvalue weighted by Gasteiger charge is 2.21. The summed E-state index contributed by atoms with van der Waals surface area (Å²) in [6, 6.07) is 7.39. The zero-order chi connectivity index (χ0) is 11.3. The molecule has 2 amide bonds. The highest BCUT2D eigenvalue weighted by atomic mass is 16.3. The van der Waals surface area contributed by atoms with Crippen molar-refractivity contribution in [2.75, 3.05) is 0 Å². The summed E-state index contributed by atoms with van der Waals surface area (Å²) in [5.74, 6) is 0. The number of nitrogens with two attached hydrogens (primary N) is 1. The van der Waals surface area contributed by atoms with Gasteiger partial charge in [-0.2, -0.15) is 5.01 Å². The van der Waals surface area contributed by atoms with Crippen molar-refractivity contribution in [1.82, 2.24) is 5.01 Å². The normalized spacial score (nSPS) is 11.5. The van der Waals surface area contributed by atoms with Crippen LogP contribution < -0.4 is 5.73 Å². The predicted octanol–water partition coefficient (Wildman–Crippen LogP) is 1.98. The molecule has 1 aromatic rings. The van der Waals surface area contributed by atoms with Gasteiger partial charge >= 0.3 is 6.03 Å². The molecule has 0 saturated heterocycles. The van der Waals surface area contributed by atoms with Crippen LogP contribution in [0.3, 0.4) is 0 Å². The quantitative estimate of drug-likeness (QED) is 0.463. The zero-order valence-electron chi connectivity index (χ0n) is 8.04. The maximum atomic E-state index is 10.9. The van der Waals surface area contributed by atoms with Gasteiger partial charge in [0.25, 0.3) is 0 Å². The fourth-order valence-electron chi connectivity index (χ4n) is 1.26. The molecule has 15 heavy (non-hydrogen) atoms. The molecule has 1 atom stereocenters. The number of hydrogen-bond acceptors (Lipinski definition) is 3. The number of urea groups is 1. The molecule has 78 valence electrons. The fraction of sp³-hybridized carbons (Fsp3) is 0.100. The Balaban J connectivity index is 3.02. The Kier molecular flexibility index (Phi) is 3.56. The SMILES string of the molecule is C=CC(c1ccccc1)N(N=O)C(N)=O. The summed E-state index contributed by atoms with van der Waals surface area (Å²) in [5.41, 5.74) is 5.73. The summed E-state index contributed by atoms with van der Waals surface area (Å²) in [4.78, 5) is 21.4. The van der Waals surface area contributed by atoms with E-state index in [1.807, 2.05) is 6.07 Å². The van der Waals surface area contributed by atoms with Gasteiger partial charge in [-0.3, -0.25) is 0 Å². The average molecular weight is 205 g/mol. The van der Waals surface area contributed by atoms with Crippen LogP contribution in [-0.2, 0) is 0 Å². The summed E-state index contributed by atoms with van der Waals surface area (Å²) in [6.07, 6.45) is 1.43. The first-order chi connectivity index (χ1) is 7.20. The molecule has 0 aliphatic rings. The zero-order valence-corrected chi connectivity index (χ0v) is 8.04. The largest absolute Gasteiger partial charge is 0.350 e. The minimum Gasteiger partial charge on any atom is -0.350 e. The number of rotatable bonds is 4. The van der Waals surface area contributed by atoms with Gasteiger partial charge in [-0.25, -0.2) is 4.79 Å². The second-order valence-electron chi connectivity index (χ2n) is 2.86. The van der Waals surface area contributed by atoms with Crippen molar-refractivity contribution in [2.24, 2.45) is 11.0 Å². The van der Waals surface area contributed by atoms with E-state index in [4.69, 9.17) is 5.73 Å². The molecule has 0 fully saturated rings. The minimum atomic E-state index is -0.904. The van der Waals surface area contributed by atoms with Crippen LogP contribution in [-0.4, -0.2) is 11.0 Å². The van der Waals surface area contributed by atoms with Gasteiger partial charge in [0.1, 0.15) is 6.04 Å². The first-order valence-corrected chi connectivity index (χ1v) is 4.30. The van der Waals surface area contributed by atoms with Gasteiger partial charge in [-0.05, 0) is 5.56 Å². The number of nitroso groups, excluding NO2 is 1. The van der Waals surface area contributed by atoms with E-state index in [2.05, 4.69) is 11.9 Å². The summed E-state index contributed by atoms with van der Waals surface area (Å²) in [6.45, 7) is 3.54. The number of nitrogens with zero attached hydrogens (tertiary/aromatic N) is 2. The third kappa shape index (κ3) is 2.40. The molecule has 0 aliphatic carbocycles. The second kappa shape index (κ2) is 4.90. The van der Waals surface area contributed by atoms with Gasteiger partial charge in [0.2, 0.25) is 0 Å². The maximum absolute atomic E-state index is 10.9. The van der Waals surface area contributed by atoms with Crippen LogP contribution in [0.1, 0.15) is 11.6 Å². The minimum absolute atomic E-state index is 0.624. The molecule has 5 nitrogen and oxygen atoms in total. The fourth-order valence-corrected chi connectivity index (χ4v) is 1.26. The molecule has 0 saturated carbocycles. The molecule has 1 rings (SSSR count). The second-order valence-corrected chi connectivity index (χ2v) is 2.86. The van der Waals surface area contributed by atoms with Gasteiger partial charge in [0.05, 0.1) is 5.29 Å². The van der Waals surface area contributed by atoms with Crippen molar-refractivity contribution < 1.29 is 4.79 Å². The third-order valence-electron chi connectivity index (χ3n) is 1.94. The van der Waals surface area contributed by atoms with Crippen LogP contribution in [0.4, 0.5) is 4.79 Å². The summed E-state index contributed by atoms with van der Waals surface area (Å²) in [7, 11) is 0. The van der Waals surface area contributed by atoms with E-state index in [-0.39, 0.29) is 0 Å². The number of primary amides is 1. The topological polar surface area (TPSA) is 75.8 Å². The molecule has 0 aliphatic heterocycles. The molecule has 0 bridgehead atoms. The van der Waals surface area contributed by atoms with E-state index in [0.717, 1.165) is 5.56 Å². The highest BCUT2D eigenvalue weighted by Crippen LogP contribution is 2.21. The summed E-state index contributed by atoms with van der Waals surface area (Å²) in [5, 5.41) is 3.21. The van der Waals surface area contributed by atoms with Crippen LogP contribution in [0, 0.1) is 4.91 Å². The summed E-state index contributed by atoms with van der Waals surface area (Å²) >= 11 is 0. The Morgan fingerprint density at radius 1 is 1.47 bits per heavy atom. The van der Waals surface area contributed by atoms with E-state index in [9.17, 15) is 9.70 Å². The molecular formula is C10H11N3O2. The number of amides is 2. The smallest absolute Gasteiger partial charge is 0.338 e. The van der Waals surface area contributed by atoms with Gasteiger partial charge in [-0.15, -0.1) is 11.5 Å². The predicted molar refractivity (Wildman–Crippen MR) is 56.6 cm³/mol. The average Bonchev–Trinajstić information content (AvgIpc) is 2.26. The van der Waals surface area contributed by atoms with Crippen LogP contribution >= 0.6 is 0 Å². The Labute approximate surface area is 87.1 Å². The molecule has 1 unspecified atom stereocenters. The number of carbonyl (C=O) groups excluding carboxylic acids is 1. The van der Waals surface area contributed by atoms with Crippen LogP contribution in [0.2, 0.25) is 0 Å². The lowest BCUT2D eigenvalue weighted by Gasteiger charge is -2.19. The Morgan fingerprint density at radius 2 is 2.07 bits per heavy atom. The molecule has 0 radical (unpaired) electrons. The molecule has 0 spiro atoms. The van der Waals surface area contributed by atoms with E-state index in [1.54, 1.807) is 24.3 Å². The first-order valence-electron chi connectivity index (χ1n) is 4.30. The highest BCUT2D eigenvalue weighted by molar-refractivity contribution is 5.72. The standard InChI is InChI=1S/C10H11N3O2/c1-2-9(13(12-15)10(11)14)8-6-4-3-5-7-8/h2-7,9H,1H2,(H2,11,14). The summed E-state index contributed by atoms with van der Waals surface area (Å²) < 4.78 is 0. The van der Waals surface area contributed by atoms with E-state index < -0.39 is 12.1 Å². The van der Waals surface area contributed by atoms with E-state index in [1.165, 1.54) is 6.08 Å². The monoisotopic (exact) mass is 205 g/mol. The molecule has 0 heterocycles. The third-order valence-corrected chi connectivity index (χ3v) is 1.94. The first kappa shape index (κ1) is 10.9. The van der Waals surface area contributed by atoms with Crippen LogP contribution in [0.5, 0.6) is 0 Å². The number of carbonyl (C=O) groups is 1. The van der Waals surface area contributed by atoms with Crippen molar-refractivity contribution in [3.8, 4) is 0 Å². The van der Waals surface area contributed by atoms with Gasteiger partial charge < -0.3 is 5.73 Å². The van der Waals surface area contributed by atoms with Crippen molar-refractivity contribution in [2.45, 2.75) is 6.04 Å². The number of hydrogen-bond donors (Lipinski definition) is 1. The molecule has 1 aromatic carbocycles.